The number of nitrogens with zero attached hydrogens (tertiary/aromatic N) is 4. The molecule has 2 heterocycles. The van der Waals surface area contributed by atoms with Crippen LogP contribution in [-0.4, -0.2) is 19.4 Å². The van der Waals surface area contributed by atoms with E-state index in [9.17, 15) is 4.79 Å². The first-order chi connectivity index (χ1) is 10.2. The van der Waals surface area contributed by atoms with Gasteiger partial charge in [0.1, 0.15) is 0 Å². The highest BCUT2D eigenvalue weighted by atomic mass is 35.5. The van der Waals surface area contributed by atoms with E-state index in [0.29, 0.717) is 16.4 Å². The normalized spacial score (nSPS) is 11.3. The van der Waals surface area contributed by atoms with Gasteiger partial charge in [-0.3, -0.25) is 0 Å². The lowest BCUT2D eigenvalue weighted by Crippen LogP contribution is -2.20. The molecule has 0 fully saturated rings. The smallest absolute Gasteiger partial charge is 0.243 e. The SMILES string of the molecule is O=c1n(-c2cccc(Cl)c2)nc2c3ccccc3cnn12. The summed E-state index contributed by atoms with van der Waals surface area (Å²) in [5, 5.41) is 10.9. The number of rotatable bonds is 1. The molecule has 5 nitrogen and oxygen atoms in total. The lowest BCUT2D eigenvalue weighted by atomic mass is 10.2. The molecule has 21 heavy (non-hydrogen) atoms. The zero-order chi connectivity index (χ0) is 14.4. The van der Waals surface area contributed by atoms with Crippen LogP contribution in [0.1, 0.15) is 0 Å². The van der Waals surface area contributed by atoms with Crippen molar-refractivity contribution in [3.63, 3.8) is 0 Å². The van der Waals surface area contributed by atoms with Gasteiger partial charge in [0.25, 0.3) is 0 Å². The standard InChI is InChI=1S/C15H9ClN4O/c16-11-5-3-6-12(8-11)19-15(21)20-14(18-19)13-7-2-1-4-10(13)9-17-20/h1-9H. The Morgan fingerprint density at radius 1 is 1.05 bits per heavy atom. The minimum absolute atomic E-state index is 0.321. The van der Waals surface area contributed by atoms with E-state index in [2.05, 4.69) is 10.2 Å². The van der Waals surface area contributed by atoms with Crippen molar-refractivity contribution in [2.75, 3.05) is 0 Å². The average molecular weight is 297 g/mol. The van der Waals surface area contributed by atoms with Crippen molar-refractivity contribution in [2.24, 2.45) is 0 Å². The summed E-state index contributed by atoms with van der Waals surface area (Å²) in [6.07, 6.45) is 1.66. The molecule has 6 heteroatoms. The Labute approximate surface area is 124 Å². The van der Waals surface area contributed by atoms with Crippen molar-refractivity contribution in [2.45, 2.75) is 0 Å². The summed E-state index contributed by atoms with van der Waals surface area (Å²) in [6, 6.07) is 14.7. The van der Waals surface area contributed by atoms with E-state index in [1.54, 1.807) is 30.5 Å². The van der Waals surface area contributed by atoms with E-state index in [1.165, 1.54) is 9.20 Å². The summed E-state index contributed by atoms with van der Waals surface area (Å²) < 4.78 is 2.60. The third-order valence-corrected chi connectivity index (χ3v) is 3.56. The Balaban J connectivity index is 2.10. The van der Waals surface area contributed by atoms with Crippen LogP contribution in [0, 0.1) is 0 Å². The van der Waals surface area contributed by atoms with Gasteiger partial charge >= 0.3 is 5.69 Å². The van der Waals surface area contributed by atoms with Gasteiger partial charge in [-0.2, -0.15) is 14.3 Å². The molecule has 0 radical (unpaired) electrons. The van der Waals surface area contributed by atoms with Gasteiger partial charge in [-0.05, 0) is 18.2 Å². The number of fused-ring (bicyclic) bond motifs is 3. The number of hydrogen-bond donors (Lipinski definition) is 0. The van der Waals surface area contributed by atoms with Crippen LogP contribution in [0.25, 0.3) is 22.1 Å². The zero-order valence-electron chi connectivity index (χ0n) is 10.8. The molecule has 0 saturated heterocycles. The molecule has 0 amide bonds. The fraction of sp³-hybridized carbons (Fsp3) is 0. The molecule has 0 aliphatic heterocycles. The van der Waals surface area contributed by atoms with Crippen molar-refractivity contribution in [3.8, 4) is 5.69 Å². The lowest BCUT2D eigenvalue weighted by molar-refractivity contribution is 0.804. The molecule has 2 aromatic carbocycles. The molecule has 0 saturated carbocycles. The topological polar surface area (TPSA) is 52.2 Å². The van der Waals surface area contributed by atoms with Crippen LogP contribution in [0.4, 0.5) is 0 Å². The number of benzene rings is 2. The van der Waals surface area contributed by atoms with Crippen molar-refractivity contribution in [3.05, 3.63) is 70.2 Å². The molecule has 0 aliphatic rings. The van der Waals surface area contributed by atoms with Crippen LogP contribution in [0.15, 0.2) is 59.5 Å². The fourth-order valence-corrected chi connectivity index (χ4v) is 2.53. The molecule has 0 N–H and O–H groups in total. The second-order valence-corrected chi connectivity index (χ2v) is 5.08. The van der Waals surface area contributed by atoms with E-state index in [1.807, 2.05) is 24.3 Å². The second kappa shape index (κ2) is 4.43. The molecule has 0 aliphatic carbocycles. The Morgan fingerprint density at radius 2 is 1.90 bits per heavy atom. The summed E-state index contributed by atoms with van der Waals surface area (Å²) in [7, 11) is 0. The van der Waals surface area contributed by atoms with Gasteiger partial charge in [-0.25, -0.2) is 4.79 Å². The minimum Gasteiger partial charge on any atom is -0.243 e. The molecular weight excluding hydrogens is 288 g/mol. The number of hydrogen-bond acceptors (Lipinski definition) is 3. The molecular formula is C15H9ClN4O. The maximum absolute atomic E-state index is 12.4. The molecule has 0 spiro atoms. The van der Waals surface area contributed by atoms with Gasteiger partial charge in [0, 0.05) is 15.8 Å². The number of halogens is 1. The Morgan fingerprint density at radius 3 is 2.76 bits per heavy atom. The largest absolute Gasteiger partial charge is 0.371 e. The van der Waals surface area contributed by atoms with Gasteiger partial charge in [0.2, 0.25) is 0 Å². The molecule has 102 valence electrons. The van der Waals surface area contributed by atoms with E-state index in [0.717, 1.165) is 10.8 Å². The first-order valence-electron chi connectivity index (χ1n) is 6.36. The van der Waals surface area contributed by atoms with E-state index < -0.39 is 0 Å². The molecule has 4 rings (SSSR count). The monoisotopic (exact) mass is 296 g/mol. The maximum Gasteiger partial charge on any atom is 0.371 e. The summed E-state index contributed by atoms with van der Waals surface area (Å²) in [4.78, 5) is 12.4. The van der Waals surface area contributed by atoms with Crippen LogP contribution < -0.4 is 5.69 Å². The van der Waals surface area contributed by atoms with Gasteiger partial charge in [-0.1, -0.05) is 41.9 Å². The van der Waals surface area contributed by atoms with Crippen molar-refractivity contribution >= 4 is 28.0 Å². The van der Waals surface area contributed by atoms with Crippen LogP contribution >= 0.6 is 11.6 Å². The van der Waals surface area contributed by atoms with Crippen LogP contribution in [0.3, 0.4) is 0 Å². The van der Waals surface area contributed by atoms with E-state index in [-0.39, 0.29) is 5.69 Å². The van der Waals surface area contributed by atoms with Crippen molar-refractivity contribution in [1.82, 2.24) is 19.4 Å². The second-order valence-electron chi connectivity index (χ2n) is 4.64. The molecule has 2 aromatic heterocycles. The molecule has 4 aromatic rings. The van der Waals surface area contributed by atoms with Crippen LogP contribution in [0.2, 0.25) is 5.02 Å². The Kier molecular flexibility index (Phi) is 2.55. The third kappa shape index (κ3) is 1.82. The van der Waals surface area contributed by atoms with Crippen molar-refractivity contribution in [1.29, 1.82) is 0 Å². The predicted octanol–water partition coefficient (Wildman–Crippen LogP) is 2.69. The molecule has 0 unspecified atom stereocenters. The number of aromatic nitrogens is 4. The van der Waals surface area contributed by atoms with Crippen molar-refractivity contribution < 1.29 is 0 Å². The third-order valence-electron chi connectivity index (χ3n) is 3.32. The summed E-state index contributed by atoms with van der Waals surface area (Å²) in [6.45, 7) is 0. The van der Waals surface area contributed by atoms with Gasteiger partial charge < -0.3 is 0 Å². The molecule has 0 atom stereocenters. The quantitative estimate of drug-likeness (QED) is 0.543. The molecule has 0 bridgehead atoms. The maximum atomic E-state index is 12.4. The van der Waals surface area contributed by atoms with E-state index >= 15 is 0 Å². The average Bonchev–Trinajstić information content (AvgIpc) is 2.85. The highest BCUT2D eigenvalue weighted by Crippen LogP contribution is 2.17. The highest BCUT2D eigenvalue weighted by molar-refractivity contribution is 6.30. The van der Waals surface area contributed by atoms with E-state index in [4.69, 9.17) is 11.6 Å². The zero-order valence-corrected chi connectivity index (χ0v) is 11.5. The van der Waals surface area contributed by atoms with Crippen LogP contribution in [-0.2, 0) is 0 Å². The first kappa shape index (κ1) is 12.1. The van der Waals surface area contributed by atoms with Gasteiger partial charge in [0.15, 0.2) is 5.65 Å². The van der Waals surface area contributed by atoms with Crippen LogP contribution in [0.5, 0.6) is 0 Å². The predicted molar refractivity (Wildman–Crippen MR) is 81.1 cm³/mol. The Hall–Kier alpha value is -2.66. The summed E-state index contributed by atoms with van der Waals surface area (Å²) in [5.74, 6) is 0. The fourth-order valence-electron chi connectivity index (χ4n) is 2.34. The highest BCUT2D eigenvalue weighted by Gasteiger charge is 2.12. The van der Waals surface area contributed by atoms with Gasteiger partial charge in [0.05, 0.1) is 11.9 Å². The minimum atomic E-state index is -0.321. The Bertz CT molecular complexity index is 1030. The van der Waals surface area contributed by atoms with Gasteiger partial charge in [-0.15, -0.1) is 5.10 Å². The summed E-state index contributed by atoms with van der Waals surface area (Å²) in [5.41, 5.74) is 0.818. The first-order valence-corrected chi connectivity index (χ1v) is 6.73. The lowest BCUT2D eigenvalue weighted by Gasteiger charge is -1.98. The summed E-state index contributed by atoms with van der Waals surface area (Å²) >= 11 is 5.98.